The Morgan fingerprint density at radius 2 is 2.21 bits per heavy atom. The van der Waals surface area contributed by atoms with Crippen molar-refractivity contribution in [2.24, 2.45) is 0 Å². The Bertz CT molecular complexity index is 339. The van der Waals surface area contributed by atoms with Gasteiger partial charge in [0.1, 0.15) is 5.82 Å². The number of carboxylic acids is 1. The minimum Gasteiger partial charge on any atom is -0.481 e. The van der Waals surface area contributed by atoms with Gasteiger partial charge < -0.3 is 5.11 Å². The zero-order valence-electron chi connectivity index (χ0n) is 7.46. The van der Waals surface area contributed by atoms with Crippen LogP contribution in [0.2, 0.25) is 5.02 Å². The summed E-state index contributed by atoms with van der Waals surface area (Å²) >= 11 is 5.69. The van der Waals surface area contributed by atoms with Gasteiger partial charge in [0.2, 0.25) is 0 Å². The van der Waals surface area contributed by atoms with Crippen molar-refractivity contribution >= 4 is 17.6 Å². The number of carbonyl (C=O) groups is 1. The SMILES string of the molecule is O=C(O)CCCc1cccc(F)c1Cl. The van der Waals surface area contributed by atoms with Gasteiger partial charge >= 0.3 is 5.97 Å². The third-order valence-corrected chi connectivity index (χ3v) is 2.29. The summed E-state index contributed by atoms with van der Waals surface area (Å²) in [6.07, 6.45) is 1.04. The summed E-state index contributed by atoms with van der Waals surface area (Å²) in [5, 5.41) is 8.50. The molecule has 0 spiro atoms. The maximum atomic E-state index is 12.9. The zero-order chi connectivity index (χ0) is 10.6. The van der Waals surface area contributed by atoms with Crippen molar-refractivity contribution in [1.82, 2.24) is 0 Å². The fraction of sp³-hybridized carbons (Fsp3) is 0.300. The molecule has 76 valence electrons. The van der Waals surface area contributed by atoms with E-state index in [1.54, 1.807) is 12.1 Å². The lowest BCUT2D eigenvalue weighted by atomic mass is 10.1. The summed E-state index contributed by atoms with van der Waals surface area (Å²) in [6.45, 7) is 0. The van der Waals surface area contributed by atoms with Crippen LogP contribution in [0.1, 0.15) is 18.4 Å². The van der Waals surface area contributed by atoms with E-state index in [2.05, 4.69) is 0 Å². The summed E-state index contributed by atoms with van der Waals surface area (Å²) in [7, 11) is 0. The summed E-state index contributed by atoms with van der Waals surface area (Å²) in [6, 6.07) is 4.55. The van der Waals surface area contributed by atoms with Crippen LogP contribution in [-0.4, -0.2) is 11.1 Å². The number of halogens is 2. The predicted octanol–water partition coefficient (Wildman–Crippen LogP) is 2.89. The van der Waals surface area contributed by atoms with Crippen LogP contribution in [0.4, 0.5) is 4.39 Å². The summed E-state index contributed by atoms with van der Waals surface area (Å²) < 4.78 is 12.9. The first-order valence-corrected chi connectivity index (χ1v) is 4.63. The van der Waals surface area contributed by atoms with Crippen molar-refractivity contribution in [2.75, 3.05) is 0 Å². The topological polar surface area (TPSA) is 37.3 Å². The molecule has 0 aromatic heterocycles. The van der Waals surface area contributed by atoms with E-state index in [-0.39, 0.29) is 11.4 Å². The Balaban J connectivity index is 2.59. The van der Waals surface area contributed by atoms with Crippen LogP contribution in [0.5, 0.6) is 0 Å². The molecule has 0 aliphatic heterocycles. The molecule has 0 heterocycles. The van der Waals surface area contributed by atoms with Gasteiger partial charge in [-0.15, -0.1) is 0 Å². The summed E-state index contributed by atoms with van der Waals surface area (Å²) in [5.41, 5.74) is 0.660. The van der Waals surface area contributed by atoms with E-state index in [1.807, 2.05) is 0 Å². The molecule has 1 rings (SSSR count). The van der Waals surface area contributed by atoms with Gasteiger partial charge in [-0.3, -0.25) is 4.79 Å². The lowest BCUT2D eigenvalue weighted by Gasteiger charge is -2.03. The van der Waals surface area contributed by atoms with Crippen molar-refractivity contribution < 1.29 is 14.3 Å². The number of benzene rings is 1. The number of hydrogen-bond donors (Lipinski definition) is 1. The Labute approximate surface area is 86.3 Å². The molecule has 0 atom stereocenters. The lowest BCUT2D eigenvalue weighted by molar-refractivity contribution is -0.137. The molecule has 0 fully saturated rings. The molecule has 0 aliphatic carbocycles. The number of carboxylic acid groups (broad SMARTS) is 1. The quantitative estimate of drug-likeness (QED) is 0.840. The molecular weight excluding hydrogens is 207 g/mol. The fourth-order valence-electron chi connectivity index (χ4n) is 1.17. The second-order valence-electron chi connectivity index (χ2n) is 2.96. The number of hydrogen-bond acceptors (Lipinski definition) is 1. The molecule has 0 amide bonds. The highest BCUT2D eigenvalue weighted by Crippen LogP contribution is 2.21. The Morgan fingerprint density at radius 1 is 1.50 bits per heavy atom. The van der Waals surface area contributed by atoms with E-state index in [0.717, 1.165) is 0 Å². The van der Waals surface area contributed by atoms with Gasteiger partial charge in [0, 0.05) is 6.42 Å². The lowest BCUT2D eigenvalue weighted by Crippen LogP contribution is -1.96. The normalized spacial score (nSPS) is 10.1. The molecule has 14 heavy (non-hydrogen) atoms. The van der Waals surface area contributed by atoms with Gasteiger partial charge in [0.25, 0.3) is 0 Å². The number of aliphatic carboxylic acids is 1. The molecular formula is C10H10ClFO2. The van der Waals surface area contributed by atoms with Crippen LogP contribution >= 0.6 is 11.6 Å². The van der Waals surface area contributed by atoms with E-state index in [9.17, 15) is 9.18 Å². The average Bonchev–Trinajstić information content (AvgIpc) is 2.12. The second kappa shape index (κ2) is 4.96. The van der Waals surface area contributed by atoms with Crippen LogP contribution in [0.3, 0.4) is 0 Å². The third-order valence-electron chi connectivity index (χ3n) is 1.87. The first-order valence-electron chi connectivity index (χ1n) is 4.26. The summed E-state index contributed by atoms with van der Waals surface area (Å²) in [5.74, 6) is -1.31. The van der Waals surface area contributed by atoms with Crippen molar-refractivity contribution in [3.8, 4) is 0 Å². The van der Waals surface area contributed by atoms with Crippen LogP contribution in [0.25, 0.3) is 0 Å². The highest BCUT2D eigenvalue weighted by molar-refractivity contribution is 6.31. The molecule has 0 bridgehead atoms. The molecule has 0 unspecified atom stereocenters. The average molecular weight is 217 g/mol. The third kappa shape index (κ3) is 3.00. The minimum atomic E-state index is -0.850. The van der Waals surface area contributed by atoms with E-state index in [4.69, 9.17) is 16.7 Å². The zero-order valence-corrected chi connectivity index (χ0v) is 8.22. The molecule has 0 saturated heterocycles. The van der Waals surface area contributed by atoms with Gasteiger partial charge in [-0.2, -0.15) is 0 Å². The van der Waals surface area contributed by atoms with Gasteiger partial charge in [0.15, 0.2) is 0 Å². The fourth-order valence-corrected chi connectivity index (χ4v) is 1.39. The first-order chi connectivity index (χ1) is 6.61. The monoisotopic (exact) mass is 216 g/mol. The first kappa shape index (κ1) is 11.0. The van der Waals surface area contributed by atoms with Crippen LogP contribution < -0.4 is 0 Å². The molecule has 1 N–H and O–H groups in total. The molecule has 0 saturated carbocycles. The number of rotatable bonds is 4. The minimum absolute atomic E-state index is 0.0762. The Morgan fingerprint density at radius 3 is 2.86 bits per heavy atom. The molecule has 1 aromatic rings. The van der Waals surface area contributed by atoms with Crippen molar-refractivity contribution in [1.29, 1.82) is 0 Å². The smallest absolute Gasteiger partial charge is 0.303 e. The van der Waals surface area contributed by atoms with E-state index in [0.29, 0.717) is 18.4 Å². The predicted molar refractivity (Wildman–Crippen MR) is 52.0 cm³/mol. The molecule has 1 aromatic carbocycles. The van der Waals surface area contributed by atoms with Crippen molar-refractivity contribution in [3.05, 3.63) is 34.6 Å². The molecule has 0 aliphatic rings. The van der Waals surface area contributed by atoms with Crippen LogP contribution in [-0.2, 0) is 11.2 Å². The Hall–Kier alpha value is -1.09. The largest absolute Gasteiger partial charge is 0.481 e. The molecule has 4 heteroatoms. The van der Waals surface area contributed by atoms with Crippen molar-refractivity contribution in [2.45, 2.75) is 19.3 Å². The van der Waals surface area contributed by atoms with Crippen molar-refractivity contribution in [3.63, 3.8) is 0 Å². The maximum absolute atomic E-state index is 12.9. The van der Waals surface area contributed by atoms with Gasteiger partial charge in [-0.1, -0.05) is 23.7 Å². The number of aryl methyl sites for hydroxylation is 1. The van der Waals surface area contributed by atoms with E-state index in [1.165, 1.54) is 6.07 Å². The highest BCUT2D eigenvalue weighted by Gasteiger charge is 2.05. The highest BCUT2D eigenvalue weighted by atomic mass is 35.5. The molecule has 0 radical (unpaired) electrons. The standard InChI is InChI=1S/C10H10ClFO2/c11-10-7(3-1-5-8(10)12)4-2-6-9(13)14/h1,3,5H,2,4,6H2,(H,13,14). The van der Waals surface area contributed by atoms with E-state index < -0.39 is 11.8 Å². The van der Waals surface area contributed by atoms with Gasteiger partial charge in [-0.05, 0) is 24.5 Å². The van der Waals surface area contributed by atoms with Gasteiger partial charge in [-0.25, -0.2) is 4.39 Å². The Kier molecular flexibility index (Phi) is 3.89. The summed E-state index contributed by atoms with van der Waals surface area (Å²) in [4.78, 5) is 10.2. The van der Waals surface area contributed by atoms with Gasteiger partial charge in [0.05, 0.1) is 5.02 Å². The second-order valence-corrected chi connectivity index (χ2v) is 3.34. The van der Waals surface area contributed by atoms with Crippen LogP contribution in [0, 0.1) is 5.82 Å². The van der Waals surface area contributed by atoms with E-state index >= 15 is 0 Å². The molecule has 2 nitrogen and oxygen atoms in total. The maximum Gasteiger partial charge on any atom is 0.303 e. The van der Waals surface area contributed by atoms with Crippen LogP contribution in [0.15, 0.2) is 18.2 Å².